The van der Waals surface area contributed by atoms with E-state index in [2.05, 4.69) is 41.4 Å². The van der Waals surface area contributed by atoms with E-state index in [0.29, 0.717) is 17.4 Å². The van der Waals surface area contributed by atoms with Crippen LogP contribution in [0.2, 0.25) is 5.02 Å². The number of rotatable bonds is 4. The highest BCUT2D eigenvalue weighted by molar-refractivity contribution is 7.09. The van der Waals surface area contributed by atoms with Gasteiger partial charge in [-0.3, -0.25) is 4.79 Å². The van der Waals surface area contributed by atoms with Crippen molar-refractivity contribution in [3.63, 3.8) is 0 Å². The van der Waals surface area contributed by atoms with Gasteiger partial charge < -0.3 is 11.1 Å². The van der Waals surface area contributed by atoms with Crippen molar-refractivity contribution in [3.05, 3.63) is 38.9 Å². The van der Waals surface area contributed by atoms with Crippen LogP contribution in [0.3, 0.4) is 0 Å². The molecule has 0 atom stereocenters. The number of aromatic nitrogens is 2. The molecule has 0 aliphatic carbocycles. The first-order valence-corrected chi connectivity index (χ1v) is 7.67. The third kappa shape index (κ3) is 3.92. The number of anilines is 1. The van der Waals surface area contributed by atoms with Crippen molar-refractivity contribution in [3.8, 4) is 0 Å². The maximum atomic E-state index is 11.0. The van der Waals surface area contributed by atoms with Gasteiger partial charge in [-0.2, -0.15) is 0 Å². The molecular formula is C14H17ClN4OS. The van der Waals surface area contributed by atoms with E-state index in [4.69, 9.17) is 17.3 Å². The van der Waals surface area contributed by atoms with E-state index in [1.165, 1.54) is 12.3 Å². The highest BCUT2D eigenvalue weighted by atomic mass is 35.5. The number of hydrogen-bond donors (Lipinski definition) is 2. The maximum absolute atomic E-state index is 11.0. The number of primary amides is 1. The minimum absolute atomic E-state index is 0.0355. The smallest absolute Gasteiger partial charge is 0.250 e. The molecule has 1 amide bonds. The fourth-order valence-corrected chi connectivity index (χ4v) is 2.79. The highest BCUT2D eigenvalue weighted by Gasteiger charge is 2.17. The van der Waals surface area contributed by atoms with Gasteiger partial charge in [-0.1, -0.05) is 32.4 Å². The molecule has 0 spiro atoms. The molecule has 0 bridgehead atoms. The summed E-state index contributed by atoms with van der Waals surface area (Å²) in [5.41, 5.74) is 6.56. The predicted molar refractivity (Wildman–Crippen MR) is 85.9 cm³/mol. The first-order chi connectivity index (χ1) is 9.77. The number of nitrogens with zero attached hydrogens (tertiary/aromatic N) is 2. The van der Waals surface area contributed by atoms with E-state index in [-0.39, 0.29) is 11.0 Å². The Balaban J connectivity index is 2.06. The Hall–Kier alpha value is -1.66. The van der Waals surface area contributed by atoms with Crippen LogP contribution in [-0.4, -0.2) is 15.9 Å². The summed E-state index contributed by atoms with van der Waals surface area (Å²) in [5.74, 6) is -0.0418. The molecular weight excluding hydrogens is 308 g/mol. The summed E-state index contributed by atoms with van der Waals surface area (Å²) in [4.78, 5) is 19.7. The van der Waals surface area contributed by atoms with Crippen molar-refractivity contribution in [1.82, 2.24) is 9.97 Å². The van der Waals surface area contributed by atoms with Gasteiger partial charge in [-0.05, 0) is 6.07 Å². The Labute approximate surface area is 132 Å². The number of nitrogens with one attached hydrogen (secondary N) is 1. The van der Waals surface area contributed by atoms with E-state index < -0.39 is 5.91 Å². The Kier molecular flexibility index (Phi) is 4.49. The molecule has 0 radical (unpaired) electrons. The molecule has 112 valence electrons. The summed E-state index contributed by atoms with van der Waals surface area (Å²) >= 11 is 7.66. The fourth-order valence-electron chi connectivity index (χ4n) is 1.60. The van der Waals surface area contributed by atoms with Gasteiger partial charge in [0, 0.05) is 17.0 Å². The Bertz CT molecular complexity index is 663. The highest BCUT2D eigenvalue weighted by Crippen LogP contribution is 2.25. The Morgan fingerprint density at radius 1 is 1.48 bits per heavy atom. The molecule has 5 nitrogen and oxygen atoms in total. The van der Waals surface area contributed by atoms with Crippen molar-refractivity contribution in [2.45, 2.75) is 32.7 Å². The summed E-state index contributed by atoms with van der Waals surface area (Å²) in [5, 5.41) is 6.49. The minimum atomic E-state index is -0.550. The fraction of sp³-hybridized carbons (Fsp3) is 0.357. The lowest BCUT2D eigenvalue weighted by Crippen LogP contribution is -2.13. The molecule has 2 aromatic heterocycles. The van der Waals surface area contributed by atoms with Crippen LogP contribution >= 0.6 is 22.9 Å². The zero-order valence-electron chi connectivity index (χ0n) is 12.1. The van der Waals surface area contributed by atoms with E-state index in [0.717, 1.165) is 10.7 Å². The van der Waals surface area contributed by atoms with Crippen LogP contribution < -0.4 is 11.1 Å². The molecule has 0 saturated carbocycles. The second-order valence-electron chi connectivity index (χ2n) is 5.65. The molecule has 0 aromatic carbocycles. The predicted octanol–water partition coefficient (Wildman–Crippen LogP) is 3.20. The van der Waals surface area contributed by atoms with Crippen LogP contribution in [0, 0.1) is 0 Å². The molecule has 3 N–H and O–H groups in total. The molecule has 0 aliphatic rings. The molecule has 2 heterocycles. The molecule has 2 rings (SSSR count). The number of carbonyl (C=O) groups is 1. The second kappa shape index (κ2) is 5.99. The lowest BCUT2D eigenvalue weighted by Gasteiger charge is -2.14. The SMILES string of the molecule is CC(C)(C)c1csc(CNc2ncc(C(N)=O)cc2Cl)n1. The summed E-state index contributed by atoms with van der Waals surface area (Å²) in [7, 11) is 0. The molecule has 0 fully saturated rings. The van der Waals surface area contributed by atoms with Gasteiger partial charge in [0.15, 0.2) is 0 Å². The van der Waals surface area contributed by atoms with Crippen molar-refractivity contribution < 1.29 is 4.79 Å². The third-order valence-corrected chi connectivity index (χ3v) is 3.99. The first-order valence-electron chi connectivity index (χ1n) is 6.41. The van der Waals surface area contributed by atoms with Crippen molar-refractivity contribution in [2.75, 3.05) is 5.32 Å². The lowest BCUT2D eigenvalue weighted by atomic mass is 9.93. The van der Waals surface area contributed by atoms with Crippen LogP contribution in [0.4, 0.5) is 5.82 Å². The van der Waals surface area contributed by atoms with Crippen molar-refractivity contribution in [2.24, 2.45) is 5.73 Å². The zero-order chi connectivity index (χ0) is 15.6. The number of nitrogens with two attached hydrogens (primary N) is 1. The average molecular weight is 325 g/mol. The first kappa shape index (κ1) is 15.7. The number of thiazole rings is 1. The average Bonchev–Trinajstić information content (AvgIpc) is 2.85. The van der Waals surface area contributed by atoms with Crippen molar-refractivity contribution in [1.29, 1.82) is 0 Å². The van der Waals surface area contributed by atoms with Gasteiger partial charge in [0.2, 0.25) is 5.91 Å². The van der Waals surface area contributed by atoms with Crippen LogP contribution in [0.25, 0.3) is 0 Å². The molecule has 0 saturated heterocycles. The van der Waals surface area contributed by atoms with E-state index >= 15 is 0 Å². The van der Waals surface area contributed by atoms with Gasteiger partial charge in [0.25, 0.3) is 0 Å². The normalized spacial score (nSPS) is 11.4. The van der Waals surface area contributed by atoms with Gasteiger partial charge in [-0.25, -0.2) is 9.97 Å². The van der Waals surface area contributed by atoms with Crippen LogP contribution in [0.15, 0.2) is 17.6 Å². The molecule has 2 aromatic rings. The van der Waals surface area contributed by atoms with Crippen LogP contribution in [0.5, 0.6) is 0 Å². The molecule has 7 heteroatoms. The minimum Gasteiger partial charge on any atom is -0.366 e. The van der Waals surface area contributed by atoms with Gasteiger partial charge in [-0.15, -0.1) is 11.3 Å². The number of pyridine rings is 1. The number of halogens is 1. The van der Waals surface area contributed by atoms with Gasteiger partial charge in [0.1, 0.15) is 10.8 Å². The van der Waals surface area contributed by atoms with Gasteiger partial charge in [0.05, 0.1) is 22.8 Å². The maximum Gasteiger partial charge on any atom is 0.250 e. The quantitative estimate of drug-likeness (QED) is 0.905. The number of hydrogen-bond acceptors (Lipinski definition) is 5. The second-order valence-corrected chi connectivity index (χ2v) is 7.00. The molecule has 0 aliphatic heterocycles. The van der Waals surface area contributed by atoms with E-state index in [9.17, 15) is 4.79 Å². The Morgan fingerprint density at radius 2 is 2.19 bits per heavy atom. The summed E-state index contributed by atoms with van der Waals surface area (Å²) < 4.78 is 0. The van der Waals surface area contributed by atoms with Crippen LogP contribution in [0.1, 0.15) is 41.8 Å². The molecule has 0 unspecified atom stereocenters. The monoisotopic (exact) mass is 324 g/mol. The van der Waals surface area contributed by atoms with Crippen LogP contribution in [-0.2, 0) is 12.0 Å². The summed E-state index contributed by atoms with van der Waals surface area (Å²) in [6, 6.07) is 1.50. The zero-order valence-corrected chi connectivity index (χ0v) is 13.7. The lowest BCUT2D eigenvalue weighted by molar-refractivity contribution is 0.1000. The van der Waals surface area contributed by atoms with E-state index in [1.54, 1.807) is 11.3 Å². The van der Waals surface area contributed by atoms with Gasteiger partial charge >= 0.3 is 0 Å². The molecule has 21 heavy (non-hydrogen) atoms. The number of amides is 1. The number of carbonyl (C=O) groups excluding carboxylic acids is 1. The topological polar surface area (TPSA) is 80.9 Å². The largest absolute Gasteiger partial charge is 0.366 e. The van der Waals surface area contributed by atoms with Crippen molar-refractivity contribution >= 4 is 34.7 Å². The Morgan fingerprint density at radius 3 is 2.71 bits per heavy atom. The van der Waals surface area contributed by atoms with E-state index in [1.807, 2.05) is 0 Å². The summed E-state index contributed by atoms with van der Waals surface area (Å²) in [6.07, 6.45) is 1.40. The third-order valence-electron chi connectivity index (χ3n) is 2.85. The standard InChI is InChI=1S/C14H17ClN4OS/c1-14(2,3)10-7-21-11(19-10)6-18-13-9(15)4-8(5-17-13)12(16)20/h4-5,7H,6H2,1-3H3,(H2,16,20)(H,17,18). The summed E-state index contributed by atoms with van der Waals surface area (Å²) in [6.45, 7) is 6.91.